The average Bonchev–Trinajstić information content (AvgIpc) is 3.49. The molecule has 1 N–H and O–H groups in total. The zero-order chi connectivity index (χ0) is 20.0. The van der Waals surface area contributed by atoms with E-state index in [-0.39, 0.29) is 11.8 Å². The first kappa shape index (κ1) is 19.3. The molecule has 154 valence electrons. The quantitative estimate of drug-likeness (QED) is 0.796. The molecule has 1 aromatic heterocycles. The molecule has 1 amide bonds. The molecule has 5 rings (SSSR count). The average molecular weight is 414 g/mol. The van der Waals surface area contributed by atoms with E-state index in [0.29, 0.717) is 23.9 Å². The summed E-state index contributed by atoms with van der Waals surface area (Å²) in [6.45, 7) is 5.26. The highest BCUT2D eigenvalue weighted by molar-refractivity contribution is 6.32. The van der Waals surface area contributed by atoms with Gasteiger partial charge in [-0.15, -0.1) is 0 Å². The summed E-state index contributed by atoms with van der Waals surface area (Å²) in [6, 6.07) is 6.76. The van der Waals surface area contributed by atoms with Gasteiger partial charge in [0, 0.05) is 35.2 Å². The van der Waals surface area contributed by atoms with E-state index < -0.39 is 0 Å². The van der Waals surface area contributed by atoms with Crippen molar-refractivity contribution in [1.29, 1.82) is 0 Å². The van der Waals surface area contributed by atoms with Crippen molar-refractivity contribution in [3.8, 4) is 0 Å². The summed E-state index contributed by atoms with van der Waals surface area (Å²) >= 11 is 6.67. The first-order valence-electron chi connectivity index (χ1n) is 10.8. The number of ether oxygens (including phenoxy) is 1. The molecule has 3 aliphatic rings. The first-order chi connectivity index (χ1) is 14.1. The minimum atomic E-state index is 0.0866. The van der Waals surface area contributed by atoms with Crippen molar-refractivity contribution in [2.24, 2.45) is 5.92 Å². The number of pyridine rings is 1. The lowest BCUT2D eigenvalue weighted by atomic mass is 9.87. The van der Waals surface area contributed by atoms with Gasteiger partial charge in [0.15, 0.2) is 0 Å². The number of amides is 1. The highest BCUT2D eigenvalue weighted by atomic mass is 35.5. The molecule has 29 heavy (non-hydrogen) atoms. The first-order valence-corrected chi connectivity index (χ1v) is 11.2. The van der Waals surface area contributed by atoms with Gasteiger partial charge in [-0.3, -0.25) is 9.69 Å². The number of fused-ring (bicyclic) bond motifs is 1. The maximum absolute atomic E-state index is 12.1. The van der Waals surface area contributed by atoms with Crippen molar-refractivity contribution in [3.05, 3.63) is 35.0 Å². The third-order valence-corrected chi connectivity index (χ3v) is 7.14. The molecule has 2 aliphatic heterocycles. The van der Waals surface area contributed by atoms with Crippen LogP contribution in [0.5, 0.6) is 0 Å². The molecule has 0 spiro atoms. The second kappa shape index (κ2) is 7.86. The number of aromatic nitrogens is 1. The number of likely N-dealkylation sites (tertiary alicyclic amines) is 1. The lowest BCUT2D eigenvalue weighted by Crippen LogP contribution is -2.44. The highest BCUT2D eigenvalue weighted by Crippen LogP contribution is 2.37. The van der Waals surface area contributed by atoms with Gasteiger partial charge in [0.25, 0.3) is 0 Å². The molecular formula is C23H28ClN3O2. The minimum Gasteiger partial charge on any atom is -0.377 e. The van der Waals surface area contributed by atoms with Gasteiger partial charge in [-0.25, -0.2) is 4.98 Å². The molecule has 1 saturated carbocycles. The van der Waals surface area contributed by atoms with Gasteiger partial charge in [0.1, 0.15) is 5.82 Å². The maximum atomic E-state index is 12.1. The maximum Gasteiger partial charge on any atom is 0.228 e. The molecule has 3 heterocycles. The predicted molar refractivity (Wildman–Crippen MR) is 115 cm³/mol. The topological polar surface area (TPSA) is 54.5 Å². The normalized spacial score (nSPS) is 26.1. The second-order valence-electron chi connectivity index (χ2n) is 8.80. The Morgan fingerprint density at radius 2 is 1.93 bits per heavy atom. The van der Waals surface area contributed by atoms with Gasteiger partial charge in [-0.2, -0.15) is 0 Å². The predicted octanol–water partition coefficient (Wildman–Crippen LogP) is 4.59. The SMILES string of the molecule is C[C@H]1OCC[C@@H]1N1CCC(c2cc3cc(NC(=O)C4CC4)ncc3cc2Cl)CC1. The molecule has 1 aromatic carbocycles. The van der Waals surface area contributed by atoms with Crippen LogP contribution in [0.15, 0.2) is 24.4 Å². The Labute approximate surface area is 176 Å². The molecule has 0 unspecified atom stereocenters. The highest BCUT2D eigenvalue weighted by Gasteiger charge is 2.33. The molecule has 0 radical (unpaired) electrons. The van der Waals surface area contributed by atoms with E-state index in [0.717, 1.165) is 67.6 Å². The van der Waals surface area contributed by atoms with Crippen LogP contribution in [-0.2, 0) is 9.53 Å². The number of carbonyl (C=O) groups is 1. The van der Waals surface area contributed by atoms with Gasteiger partial charge in [-0.05, 0) is 87.2 Å². The summed E-state index contributed by atoms with van der Waals surface area (Å²) in [5.41, 5.74) is 1.22. The number of piperidine rings is 1. The van der Waals surface area contributed by atoms with Crippen LogP contribution >= 0.6 is 11.6 Å². The summed E-state index contributed by atoms with van der Waals surface area (Å²) in [6.07, 6.45) is 7.50. The zero-order valence-electron chi connectivity index (χ0n) is 16.9. The fourth-order valence-electron chi connectivity index (χ4n) is 4.88. The van der Waals surface area contributed by atoms with Crippen molar-refractivity contribution in [1.82, 2.24) is 9.88 Å². The Hall–Kier alpha value is -1.69. The van der Waals surface area contributed by atoms with E-state index in [4.69, 9.17) is 16.3 Å². The summed E-state index contributed by atoms with van der Waals surface area (Å²) in [4.78, 5) is 19.0. The van der Waals surface area contributed by atoms with Gasteiger partial charge >= 0.3 is 0 Å². The van der Waals surface area contributed by atoms with Crippen LogP contribution in [0.1, 0.15) is 50.5 Å². The Kier molecular flexibility index (Phi) is 5.23. The number of halogens is 1. The van der Waals surface area contributed by atoms with Crippen LogP contribution in [0.3, 0.4) is 0 Å². The molecule has 0 bridgehead atoms. The Bertz CT molecular complexity index is 922. The lowest BCUT2D eigenvalue weighted by molar-refractivity contribution is -0.117. The lowest BCUT2D eigenvalue weighted by Gasteiger charge is -2.37. The van der Waals surface area contributed by atoms with Crippen molar-refractivity contribution in [2.45, 2.75) is 57.1 Å². The number of nitrogens with one attached hydrogen (secondary N) is 1. The van der Waals surface area contributed by atoms with Gasteiger partial charge in [-0.1, -0.05) is 11.6 Å². The molecule has 5 nitrogen and oxygen atoms in total. The smallest absolute Gasteiger partial charge is 0.228 e. The summed E-state index contributed by atoms with van der Waals surface area (Å²) in [7, 11) is 0. The molecule has 1 aliphatic carbocycles. The molecular weight excluding hydrogens is 386 g/mol. The fourth-order valence-corrected chi connectivity index (χ4v) is 5.21. The van der Waals surface area contributed by atoms with Crippen molar-refractivity contribution >= 4 is 34.1 Å². The molecule has 2 aromatic rings. The third kappa shape index (κ3) is 4.00. The minimum absolute atomic E-state index is 0.0866. The molecule has 6 heteroatoms. The van der Waals surface area contributed by atoms with Gasteiger partial charge in [0.2, 0.25) is 5.91 Å². The number of nitrogens with zero attached hydrogens (tertiary/aromatic N) is 2. The van der Waals surface area contributed by atoms with E-state index in [1.165, 1.54) is 5.56 Å². The molecule has 3 fully saturated rings. The Balaban J connectivity index is 1.32. The van der Waals surface area contributed by atoms with Crippen LogP contribution < -0.4 is 5.32 Å². The van der Waals surface area contributed by atoms with Crippen molar-refractivity contribution in [2.75, 3.05) is 25.0 Å². The van der Waals surface area contributed by atoms with E-state index in [9.17, 15) is 4.79 Å². The number of anilines is 1. The van der Waals surface area contributed by atoms with E-state index in [1.54, 1.807) is 6.20 Å². The van der Waals surface area contributed by atoms with Crippen LogP contribution in [0.4, 0.5) is 5.82 Å². The monoisotopic (exact) mass is 413 g/mol. The summed E-state index contributed by atoms with van der Waals surface area (Å²) in [5, 5.41) is 5.87. The standard InChI is InChI=1S/C23H28ClN3O2/c1-14-21(6-9-29-14)27-7-4-15(5-8-27)19-10-17-12-22(26-23(28)16-2-3-16)25-13-18(17)11-20(19)24/h10-16,21H,2-9H2,1H3,(H,25,26,28)/t14-,21+/m1/s1. The van der Waals surface area contributed by atoms with E-state index in [1.807, 2.05) is 12.1 Å². The number of hydrogen-bond donors (Lipinski definition) is 1. The number of benzene rings is 1. The van der Waals surface area contributed by atoms with Gasteiger partial charge < -0.3 is 10.1 Å². The Morgan fingerprint density at radius 1 is 1.14 bits per heavy atom. The second-order valence-corrected chi connectivity index (χ2v) is 9.20. The van der Waals surface area contributed by atoms with E-state index >= 15 is 0 Å². The third-order valence-electron chi connectivity index (χ3n) is 6.81. The number of hydrogen-bond acceptors (Lipinski definition) is 4. The van der Waals surface area contributed by atoms with Crippen LogP contribution in [-0.4, -0.2) is 47.6 Å². The largest absolute Gasteiger partial charge is 0.377 e. The van der Waals surface area contributed by atoms with Crippen LogP contribution in [0.2, 0.25) is 5.02 Å². The fraction of sp³-hybridized carbons (Fsp3) is 0.565. The molecule has 2 atom stereocenters. The zero-order valence-corrected chi connectivity index (χ0v) is 17.6. The van der Waals surface area contributed by atoms with Crippen LogP contribution in [0.25, 0.3) is 10.8 Å². The molecule has 2 saturated heterocycles. The van der Waals surface area contributed by atoms with Crippen molar-refractivity contribution in [3.63, 3.8) is 0 Å². The van der Waals surface area contributed by atoms with Crippen LogP contribution in [0, 0.1) is 5.92 Å². The Morgan fingerprint density at radius 3 is 2.62 bits per heavy atom. The number of carbonyl (C=O) groups excluding carboxylic acids is 1. The summed E-state index contributed by atoms with van der Waals surface area (Å²) < 4.78 is 5.76. The van der Waals surface area contributed by atoms with Gasteiger partial charge in [0.05, 0.1) is 6.10 Å². The number of rotatable bonds is 4. The van der Waals surface area contributed by atoms with Crippen molar-refractivity contribution < 1.29 is 9.53 Å². The summed E-state index contributed by atoms with van der Waals surface area (Å²) in [5.74, 6) is 1.36. The van der Waals surface area contributed by atoms with E-state index in [2.05, 4.69) is 28.2 Å².